The predicted octanol–water partition coefficient (Wildman–Crippen LogP) is 3.41. The number of esters is 2. The number of aliphatic hydroxyl groups is 1. The lowest BCUT2D eigenvalue weighted by atomic mass is 9.65. The van der Waals surface area contributed by atoms with Crippen LogP contribution in [0.25, 0.3) is 0 Å². The zero-order valence-corrected chi connectivity index (χ0v) is 18.3. The molecule has 1 saturated heterocycles. The second-order valence-electron chi connectivity index (χ2n) is 8.85. The van der Waals surface area contributed by atoms with Crippen molar-refractivity contribution >= 4 is 11.9 Å². The molecule has 0 aromatic heterocycles. The normalized spacial score (nSPS) is 38.7. The monoisotopic (exact) mass is 396 g/mol. The van der Waals surface area contributed by atoms with Gasteiger partial charge in [-0.05, 0) is 39.0 Å². The second kappa shape index (κ2) is 8.54. The highest BCUT2D eigenvalue weighted by atomic mass is 16.6. The molecule has 6 nitrogen and oxygen atoms in total. The Hall–Kier alpha value is -1.40. The second-order valence-corrected chi connectivity index (χ2v) is 8.85. The molecular weight excluding hydrogens is 360 g/mol. The summed E-state index contributed by atoms with van der Waals surface area (Å²) >= 11 is 0. The van der Waals surface area contributed by atoms with Crippen LogP contribution in [0.15, 0.2) is 11.6 Å². The van der Waals surface area contributed by atoms with E-state index in [1.165, 1.54) is 6.92 Å². The van der Waals surface area contributed by atoms with E-state index in [2.05, 4.69) is 0 Å². The van der Waals surface area contributed by atoms with Gasteiger partial charge in [0.05, 0.1) is 18.3 Å². The molecule has 1 aliphatic heterocycles. The van der Waals surface area contributed by atoms with Gasteiger partial charge in [-0.3, -0.25) is 4.79 Å². The minimum Gasteiger partial charge on any atom is -0.459 e. The molecule has 2 aliphatic rings. The van der Waals surface area contributed by atoms with Crippen molar-refractivity contribution in [1.29, 1.82) is 0 Å². The highest BCUT2D eigenvalue weighted by Crippen LogP contribution is 2.58. The first-order valence-electron chi connectivity index (χ1n) is 10.4. The van der Waals surface area contributed by atoms with E-state index in [9.17, 15) is 14.7 Å². The molecule has 1 heterocycles. The molecule has 0 bridgehead atoms. The van der Waals surface area contributed by atoms with Crippen LogP contribution in [-0.2, 0) is 23.8 Å². The zero-order chi connectivity index (χ0) is 21.3. The van der Waals surface area contributed by atoms with Gasteiger partial charge in [-0.1, -0.05) is 33.8 Å². The average Bonchev–Trinajstić information content (AvgIpc) is 2.86. The average molecular weight is 397 g/mol. The summed E-state index contributed by atoms with van der Waals surface area (Å²) in [5.74, 6) is -1.21. The van der Waals surface area contributed by atoms with Crippen molar-refractivity contribution in [2.45, 2.75) is 91.6 Å². The SMILES string of the molecule is C/C=C(\C)C(=O)O[C@H]1CO[C@H](CC)[C@H](OC(C)=O)[C@]2(C)CC[C@](O)(C(C)C)[C@H]12. The number of hydrogen-bond acceptors (Lipinski definition) is 6. The first kappa shape index (κ1) is 22.9. The molecule has 2 rings (SSSR count). The molecule has 0 unspecified atom stereocenters. The van der Waals surface area contributed by atoms with Crippen LogP contribution in [0.2, 0.25) is 0 Å². The van der Waals surface area contributed by atoms with E-state index >= 15 is 0 Å². The van der Waals surface area contributed by atoms with Gasteiger partial charge in [0.1, 0.15) is 12.2 Å². The topological polar surface area (TPSA) is 82.1 Å². The molecule has 0 spiro atoms. The molecular formula is C22H36O6. The van der Waals surface area contributed by atoms with Crippen molar-refractivity contribution in [3.05, 3.63) is 11.6 Å². The summed E-state index contributed by atoms with van der Waals surface area (Å²) < 4.78 is 17.7. The molecule has 160 valence electrons. The quantitative estimate of drug-likeness (QED) is 0.566. The van der Waals surface area contributed by atoms with Crippen molar-refractivity contribution in [1.82, 2.24) is 0 Å². The molecule has 0 aromatic rings. The Kier molecular flexibility index (Phi) is 6.98. The molecule has 1 N–H and O–H groups in total. The molecule has 6 heteroatoms. The number of carbonyl (C=O) groups excluding carboxylic acids is 2. The molecule has 0 amide bonds. The van der Waals surface area contributed by atoms with Crippen LogP contribution in [0.5, 0.6) is 0 Å². The summed E-state index contributed by atoms with van der Waals surface area (Å²) in [5.41, 5.74) is -1.08. The summed E-state index contributed by atoms with van der Waals surface area (Å²) in [7, 11) is 0. The highest BCUT2D eigenvalue weighted by molar-refractivity contribution is 5.87. The summed E-state index contributed by atoms with van der Waals surface area (Å²) in [6.07, 6.45) is 2.18. The third kappa shape index (κ3) is 3.99. The highest BCUT2D eigenvalue weighted by Gasteiger charge is 2.65. The largest absolute Gasteiger partial charge is 0.459 e. The molecule has 0 aromatic carbocycles. The number of ether oxygens (including phenoxy) is 3. The fourth-order valence-electron chi connectivity index (χ4n) is 5.06. The van der Waals surface area contributed by atoms with Crippen molar-refractivity contribution in [3.8, 4) is 0 Å². The number of carbonyl (C=O) groups is 2. The summed E-state index contributed by atoms with van der Waals surface area (Å²) in [6, 6.07) is 0. The van der Waals surface area contributed by atoms with Crippen LogP contribution in [0.3, 0.4) is 0 Å². The third-order valence-corrected chi connectivity index (χ3v) is 6.86. The van der Waals surface area contributed by atoms with Gasteiger partial charge in [0.2, 0.25) is 0 Å². The van der Waals surface area contributed by atoms with Crippen LogP contribution >= 0.6 is 0 Å². The molecule has 2 fully saturated rings. The van der Waals surface area contributed by atoms with Gasteiger partial charge in [-0.15, -0.1) is 0 Å². The van der Waals surface area contributed by atoms with E-state index < -0.39 is 35.1 Å². The molecule has 28 heavy (non-hydrogen) atoms. The number of allylic oxidation sites excluding steroid dienone is 1. The zero-order valence-electron chi connectivity index (χ0n) is 18.3. The van der Waals surface area contributed by atoms with Crippen molar-refractivity contribution in [2.24, 2.45) is 17.3 Å². The van der Waals surface area contributed by atoms with Gasteiger partial charge in [0.15, 0.2) is 0 Å². The van der Waals surface area contributed by atoms with Gasteiger partial charge in [0.25, 0.3) is 0 Å². The predicted molar refractivity (Wildman–Crippen MR) is 106 cm³/mol. The van der Waals surface area contributed by atoms with Crippen LogP contribution in [0.1, 0.15) is 67.7 Å². The van der Waals surface area contributed by atoms with Crippen LogP contribution in [-0.4, -0.2) is 47.6 Å². The minimum atomic E-state index is -1.03. The first-order valence-corrected chi connectivity index (χ1v) is 10.4. The van der Waals surface area contributed by atoms with Gasteiger partial charge >= 0.3 is 11.9 Å². The van der Waals surface area contributed by atoms with Crippen LogP contribution < -0.4 is 0 Å². The Morgan fingerprint density at radius 1 is 1.25 bits per heavy atom. The Morgan fingerprint density at radius 2 is 1.89 bits per heavy atom. The summed E-state index contributed by atoms with van der Waals surface area (Å²) in [6.45, 7) is 13.0. The van der Waals surface area contributed by atoms with Gasteiger partial charge < -0.3 is 19.3 Å². The summed E-state index contributed by atoms with van der Waals surface area (Å²) in [4.78, 5) is 24.4. The smallest absolute Gasteiger partial charge is 0.333 e. The minimum absolute atomic E-state index is 0.0421. The van der Waals surface area contributed by atoms with Gasteiger partial charge in [-0.25, -0.2) is 4.79 Å². The fraction of sp³-hybridized carbons (Fsp3) is 0.818. The number of hydrogen-bond donors (Lipinski definition) is 1. The van der Waals surface area contributed by atoms with Crippen molar-refractivity contribution < 1.29 is 28.9 Å². The lowest BCUT2D eigenvalue weighted by molar-refractivity contribution is -0.176. The van der Waals surface area contributed by atoms with Crippen molar-refractivity contribution in [3.63, 3.8) is 0 Å². The first-order chi connectivity index (χ1) is 13.0. The number of rotatable bonds is 5. The van der Waals surface area contributed by atoms with E-state index in [1.807, 2.05) is 27.7 Å². The molecule has 6 atom stereocenters. The third-order valence-electron chi connectivity index (χ3n) is 6.86. The summed E-state index contributed by atoms with van der Waals surface area (Å²) in [5, 5.41) is 11.6. The standard InChI is InChI=1S/C22H36O6/c1-8-14(5)20(24)28-17-12-26-16(9-2)19(27-15(6)23)21(7)10-11-22(25,13(3)4)18(17)21/h8,13,16-19,25H,9-12H2,1-7H3/b14-8+/t16-,17+,18-,19+,21-,22+/m1/s1. The van der Waals surface area contributed by atoms with E-state index in [1.54, 1.807) is 19.9 Å². The number of fused-ring (bicyclic) bond motifs is 1. The van der Waals surface area contributed by atoms with E-state index in [0.717, 1.165) is 0 Å². The van der Waals surface area contributed by atoms with E-state index in [0.29, 0.717) is 24.8 Å². The molecule has 1 saturated carbocycles. The lowest BCUT2D eigenvalue weighted by Gasteiger charge is -2.45. The fourth-order valence-corrected chi connectivity index (χ4v) is 5.06. The molecule has 0 radical (unpaired) electrons. The Morgan fingerprint density at radius 3 is 2.39 bits per heavy atom. The Labute approximate surface area is 168 Å². The van der Waals surface area contributed by atoms with Crippen molar-refractivity contribution in [2.75, 3.05) is 6.61 Å². The van der Waals surface area contributed by atoms with Crippen LogP contribution in [0, 0.1) is 17.3 Å². The maximum Gasteiger partial charge on any atom is 0.333 e. The maximum absolute atomic E-state index is 12.5. The van der Waals surface area contributed by atoms with E-state index in [-0.39, 0.29) is 24.6 Å². The van der Waals surface area contributed by atoms with Gasteiger partial charge in [0, 0.05) is 23.8 Å². The lowest BCUT2D eigenvalue weighted by Crippen LogP contribution is -2.55. The van der Waals surface area contributed by atoms with E-state index in [4.69, 9.17) is 14.2 Å². The van der Waals surface area contributed by atoms with Gasteiger partial charge in [-0.2, -0.15) is 0 Å². The Bertz CT molecular complexity index is 627. The maximum atomic E-state index is 12.5. The van der Waals surface area contributed by atoms with Crippen LogP contribution in [0.4, 0.5) is 0 Å². The Balaban J connectivity index is 2.53. The molecule has 1 aliphatic carbocycles.